The molecule has 0 aliphatic heterocycles. The van der Waals surface area contributed by atoms with Crippen molar-refractivity contribution in [2.24, 2.45) is 12.0 Å². The first-order chi connectivity index (χ1) is 12.5. The molecule has 6 nitrogen and oxygen atoms in total. The summed E-state index contributed by atoms with van der Waals surface area (Å²) in [5, 5.41) is 8.13. The molecule has 1 aromatic heterocycles. The summed E-state index contributed by atoms with van der Waals surface area (Å²) in [7, 11) is 7.56. The van der Waals surface area contributed by atoms with Crippen LogP contribution in [0.25, 0.3) is 0 Å². The Labute approximate surface area is 180 Å². The molecular weight excluding hydrogens is 453 g/mol. The number of nitrogens with one attached hydrogen (secondary N) is 1. The molecule has 0 amide bonds. The molecule has 1 aromatic carbocycles. The fourth-order valence-electron chi connectivity index (χ4n) is 3.23. The van der Waals surface area contributed by atoms with Gasteiger partial charge in [-0.1, -0.05) is 26.0 Å². The lowest BCUT2D eigenvalue weighted by molar-refractivity contribution is 0.414. The number of guanidine groups is 1. The molecule has 0 atom stereocenters. The van der Waals surface area contributed by atoms with Crippen molar-refractivity contribution in [2.75, 3.05) is 21.2 Å². The lowest BCUT2D eigenvalue weighted by atomic mass is 10.1. The molecule has 0 fully saturated rings. The Balaban J connectivity index is 0.00000364. The van der Waals surface area contributed by atoms with Crippen LogP contribution in [0.15, 0.2) is 29.3 Å². The summed E-state index contributed by atoms with van der Waals surface area (Å²) in [5.74, 6) is 1.74. The SMILES string of the molecule is CCc1nn(C)c(CC)c1CNC(=NC)N(C)Cc1ccc(OC)cc1.I. The Morgan fingerprint density at radius 2 is 1.89 bits per heavy atom. The molecule has 0 aliphatic carbocycles. The molecule has 2 rings (SSSR count). The Hall–Kier alpha value is -1.77. The highest BCUT2D eigenvalue weighted by molar-refractivity contribution is 14.0. The molecule has 150 valence electrons. The quantitative estimate of drug-likeness (QED) is 0.371. The first-order valence-electron chi connectivity index (χ1n) is 9.12. The topological polar surface area (TPSA) is 54.7 Å². The molecule has 1 heterocycles. The fraction of sp³-hybridized carbons (Fsp3) is 0.500. The van der Waals surface area contributed by atoms with Gasteiger partial charge in [0.2, 0.25) is 0 Å². The van der Waals surface area contributed by atoms with Crippen molar-refractivity contribution in [3.05, 3.63) is 46.8 Å². The minimum Gasteiger partial charge on any atom is -0.497 e. The van der Waals surface area contributed by atoms with Gasteiger partial charge in [-0.15, -0.1) is 24.0 Å². The van der Waals surface area contributed by atoms with E-state index in [2.05, 4.69) is 46.3 Å². The monoisotopic (exact) mass is 485 g/mol. The van der Waals surface area contributed by atoms with Crippen LogP contribution in [0, 0.1) is 0 Å². The fourth-order valence-corrected chi connectivity index (χ4v) is 3.23. The van der Waals surface area contributed by atoms with Crippen molar-refractivity contribution in [1.82, 2.24) is 20.0 Å². The molecule has 7 heteroatoms. The van der Waals surface area contributed by atoms with E-state index in [9.17, 15) is 0 Å². The minimum atomic E-state index is 0. The second-order valence-corrected chi connectivity index (χ2v) is 6.31. The van der Waals surface area contributed by atoms with Crippen molar-refractivity contribution in [1.29, 1.82) is 0 Å². The number of nitrogens with zero attached hydrogens (tertiary/aromatic N) is 4. The maximum atomic E-state index is 5.22. The van der Waals surface area contributed by atoms with Gasteiger partial charge >= 0.3 is 0 Å². The average molecular weight is 485 g/mol. The highest BCUT2D eigenvalue weighted by atomic mass is 127. The van der Waals surface area contributed by atoms with Crippen molar-refractivity contribution in [3.8, 4) is 5.75 Å². The summed E-state index contributed by atoms with van der Waals surface area (Å²) < 4.78 is 7.22. The molecule has 0 saturated carbocycles. The van der Waals surface area contributed by atoms with Gasteiger partial charge in [0.05, 0.1) is 12.8 Å². The maximum absolute atomic E-state index is 5.22. The summed E-state index contributed by atoms with van der Waals surface area (Å²) >= 11 is 0. The Morgan fingerprint density at radius 3 is 2.41 bits per heavy atom. The summed E-state index contributed by atoms with van der Waals surface area (Å²) in [6.07, 6.45) is 1.91. The normalized spacial score (nSPS) is 11.1. The number of halogens is 1. The van der Waals surface area contributed by atoms with Crippen molar-refractivity contribution in [3.63, 3.8) is 0 Å². The van der Waals surface area contributed by atoms with Crippen LogP contribution in [0.4, 0.5) is 0 Å². The van der Waals surface area contributed by atoms with Gasteiger partial charge in [-0.25, -0.2) is 0 Å². The van der Waals surface area contributed by atoms with Gasteiger partial charge in [0.1, 0.15) is 5.75 Å². The third-order valence-corrected chi connectivity index (χ3v) is 4.60. The highest BCUT2D eigenvalue weighted by Gasteiger charge is 2.15. The first kappa shape index (κ1) is 23.3. The van der Waals surface area contributed by atoms with E-state index in [0.717, 1.165) is 43.3 Å². The number of aliphatic imine (C=N–C) groups is 1. The number of hydrogen-bond donors (Lipinski definition) is 1. The molecule has 1 N–H and O–H groups in total. The largest absolute Gasteiger partial charge is 0.497 e. The number of hydrogen-bond acceptors (Lipinski definition) is 3. The van der Waals surface area contributed by atoms with E-state index in [1.165, 1.54) is 16.8 Å². The van der Waals surface area contributed by atoms with Crippen LogP contribution in [-0.2, 0) is 33.0 Å². The van der Waals surface area contributed by atoms with Crippen molar-refractivity contribution in [2.45, 2.75) is 39.8 Å². The highest BCUT2D eigenvalue weighted by Crippen LogP contribution is 2.16. The standard InChI is InChI=1S/C20H31N5O.HI/c1-7-18-17(19(8-2)25(5)23-18)13-22-20(21-3)24(4)14-15-9-11-16(26-6)12-10-15;/h9-12H,7-8,13-14H2,1-6H3,(H,21,22);1H. The van der Waals surface area contributed by atoms with E-state index >= 15 is 0 Å². The third kappa shape index (κ3) is 5.85. The summed E-state index contributed by atoms with van der Waals surface area (Å²) in [6, 6.07) is 8.12. The number of rotatable bonds is 7. The third-order valence-electron chi connectivity index (χ3n) is 4.60. The van der Waals surface area contributed by atoms with Crippen LogP contribution in [0.2, 0.25) is 0 Å². The Bertz CT molecular complexity index is 740. The van der Waals surface area contributed by atoms with Gasteiger partial charge in [-0.2, -0.15) is 5.10 Å². The molecule has 27 heavy (non-hydrogen) atoms. The van der Waals surface area contributed by atoms with Crippen LogP contribution >= 0.6 is 24.0 Å². The van der Waals surface area contributed by atoms with Crippen LogP contribution in [-0.4, -0.2) is 41.8 Å². The minimum absolute atomic E-state index is 0. The molecule has 0 bridgehead atoms. The van der Waals surface area contributed by atoms with Crippen molar-refractivity contribution >= 4 is 29.9 Å². The zero-order valence-corrected chi connectivity index (χ0v) is 19.6. The lowest BCUT2D eigenvalue weighted by Crippen LogP contribution is -2.38. The second kappa shape index (κ2) is 11.2. The zero-order chi connectivity index (χ0) is 19.1. The zero-order valence-electron chi connectivity index (χ0n) is 17.2. The lowest BCUT2D eigenvalue weighted by Gasteiger charge is -2.22. The van der Waals surface area contributed by atoms with Gasteiger partial charge in [0, 0.05) is 45.5 Å². The number of ether oxygens (including phenoxy) is 1. The molecule has 0 radical (unpaired) electrons. The van der Waals surface area contributed by atoms with E-state index in [4.69, 9.17) is 4.74 Å². The molecule has 0 aliphatic rings. The molecule has 0 unspecified atom stereocenters. The average Bonchev–Trinajstić information content (AvgIpc) is 2.97. The van der Waals surface area contributed by atoms with Gasteiger partial charge in [0.15, 0.2) is 5.96 Å². The van der Waals surface area contributed by atoms with E-state index in [-0.39, 0.29) is 24.0 Å². The predicted octanol–water partition coefficient (Wildman–Crippen LogP) is 3.38. The smallest absolute Gasteiger partial charge is 0.193 e. The van der Waals surface area contributed by atoms with Gasteiger partial charge in [0.25, 0.3) is 0 Å². The number of aromatic nitrogens is 2. The van der Waals surface area contributed by atoms with E-state index in [0.29, 0.717) is 0 Å². The van der Waals surface area contributed by atoms with Crippen LogP contribution in [0.5, 0.6) is 5.75 Å². The second-order valence-electron chi connectivity index (χ2n) is 6.31. The predicted molar refractivity (Wildman–Crippen MR) is 122 cm³/mol. The first-order valence-corrected chi connectivity index (χ1v) is 9.12. The summed E-state index contributed by atoms with van der Waals surface area (Å²) in [6.45, 7) is 5.83. The molecule has 0 spiro atoms. The van der Waals surface area contributed by atoms with Gasteiger partial charge in [-0.05, 0) is 30.5 Å². The number of methoxy groups -OCH3 is 1. The van der Waals surface area contributed by atoms with E-state index < -0.39 is 0 Å². The summed E-state index contributed by atoms with van der Waals surface area (Å²) in [5.41, 5.74) is 4.94. The Kier molecular flexibility index (Phi) is 9.62. The van der Waals surface area contributed by atoms with Gasteiger partial charge < -0.3 is 15.0 Å². The van der Waals surface area contributed by atoms with Crippen LogP contribution < -0.4 is 10.1 Å². The number of aryl methyl sites for hydroxylation is 2. The van der Waals surface area contributed by atoms with Crippen molar-refractivity contribution < 1.29 is 4.74 Å². The molecule has 2 aromatic rings. The Morgan fingerprint density at radius 1 is 1.22 bits per heavy atom. The van der Waals surface area contributed by atoms with Gasteiger partial charge in [-0.3, -0.25) is 9.67 Å². The molecule has 0 saturated heterocycles. The molecular formula is C20H32IN5O. The maximum Gasteiger partial charge on any atom is 0.193 e. The summed E-state index contributed by atoms with van der Waals surface area (Å²) in [4.78, 5) is 6.55. The van der Waals surface area contributed by atoms with E-state index in [1.54, 1.807) is 7.11 Å². The van der Waals surface area contributed by atoms with E-state index in [1.807, 2.05) is 38.0 Å². The number of benzene rings is 1. The van der Waals surface area contributed by atoms with Crippen LogP contribution in [0.3, 0.4) is 0 Å². The van der Waals surface area contributed by atoms with Crippen LogP contribution in [0.1, 0.15) is 36.4 Å².